The quantitative estimate of drug-likeness (QED) is 0.536. The second kappa shape index (κ2) is 8.85. The average molecular weight is 310 g/mol. The molecule has 1 unspecified atom stereocenters. The molecule has 0 radical (unpaired) electrons. The fourth-order valence-electron chi connectivity index (χ4n) is 1.82. The molecule has 5 heteroatoms. The van der Waals surface area contributed by atoms with E-state index in [1.54, 1.807) is 11.8 Å². The zero-order valence-corrected chi connectivity index (χ0v) is 14.1. The molecule has 0 bridgehead atoms. The first-order valence-corrected chi connectivity index (χ1v) is 8.21. The van der Waals surface area contributed by atoms with E-state index < -0.39 is 5.92 Å². The van der Waals surface area contributed by atoms with E-state index in [1.807, 2.05) is 27.7 Å². The molecule has 0 amide bonds. The van der Waals surface area contributed by atoms with Gasteiger partial charge in [0.2, 0.25) is 5.92 Å². The summed E-state index contributed by atoms with van der Waals surface area (Å²) < 4.78 is 30.7. The first-order valence-electron chi connectivity index (χ1n) is 7.23. The van der Waals surface area contributed by atoms with Crippen LogP contribution in [0.5, 0.6) is 0 Å². The van der Waals surface area contributed by atoms with Crippen molar-refractivity contribution in [2.24, 2.45) is 5.92 Å². The van der Waals surface area contributed by atoms with Crippen LogP contribution in [-0.2, 0) is 9.53 Å². The lowest BCUT2D eigenvalue weighted by molar-refractivity contribution is -0.144. The van der Waals surface area contributed by atoms with E-state index >= 15 is 0 Å². The van der Waals surface area contributed by atoms with Crippen LogP contribution in [0.25, 0.3) is 0 Å². The number of carbonyl (C=O) groups is 1. The third-order valence-electron chi connectivity index (χ3n) is 2.85. The van der Waals surface area contributed by atoms with E-state index in [0.717, 1.165) is 25.5 Å². The van der Waals surface area contributed by atoms with Gasteiger partial charge < -0.3 is 4.74 Å². The van der Waals surface area contributed by atoms with Gasteiger partial charge in [0.25, 0.3) is 0 Å². The first-order chi connectivity index (χ1) is 9.06. The Bertz CT molecular complexity index is 288. The topological polar surface area (TPSA) is 26.3 Å². The molecule has 0 aromatic carbocycles. The SMILES string of the molecule is CCCC(=O)OCC(C)(C)SCCC(C)CC(C)(F)F. The molecule has 0 aliphatic heterocycles. The normalized spacial score (nSPS) is 14.2. The van der Waals surface area contributed by atoms with Crippen molar-refractivity contribution in [2.45, 2.75) is 71.0 Å². The number of hydrogen-bond donors (Lipinski definition) is 0. The maximum Gasteiger partial charge on any atom is 0.305 e. The Morgan fingerprint density at radius 2 is 1.90 bits per heavy atom. The summed E-state index contributed by atoms with van der Waals surface area (Å²) in [4.78, 5) is 11.3. The lowest BCUT2D eigenvalue weighted by atomic mass is 10.0. The number of esters is 1. The largest absolute Gasteiger partial charge is 0.464 e. The molecule has 1 atom stereocenters. The van der Waals surface area contributed by atoms with Crippen LogP contribution in [0, 0.1) is 5.92 Å². The molecule has 2 nitrogen and oxygen atoms in total. The highest BCUT2D eigenvalue weighted by molar-refractivity contribution is 8.00. The smallest absolute Gasteiger partial charge is 0.305 e. The van der Waals surface area contributed by atoms with Gasteiger partial charge in [-0.05, 0) is 45.3 Å². The average Bonchev–Trinajstić information content (AvgIpc) is 2.24. The van der Waals surface area contributed by atoms with Gasteiger partial charge in [0.15, 0.2) is 0 Å². The number of rotatable bonds is 10. The molecule has 20 heavy (non-hydrogen) atoms. The number of halogens is 2. The van der Waals surface area contributed by atoms with Crippen molar-refractivity contribution in [1.82, 2.24) is 0 Å². The zero-order valence-electron chi connectivity index (χ0n) is 13.3. The van der Waals surface area contributed by atoms with Crippen molar-refractivity contribution in [2.75, 3.05) is 12.4 Å². The van der Waals surface area contributed by atoms with Crippen LogP contribution >= 0.6 is 11.8 Å². The van der Waals surface area contributed by atoms with E-state index in [-0.39, 0.29) is 23.1 Å². The number of ether oxygens (including phenoxy) is 1. The molecule has 0 N–H and O–H groups in total. The Morgan fingerprint density at radius 1 is 1.30 bits per heavy atom. The molecule has 0 aromatic rings. The summed E-state index contributed by atoms with van der Waals surface area (Å²) >= 11 is 1.67. The van der Waals surface area contributed by atoms with Crippen molar-refractivity contribution >= 4 is 17.7 Å². The van der Waals surface area contributed by atoms with Crippen molar-refractivity contribution in [3.05, 3.63) is 0 Å². The van der Waals surface area contributed by atoms with Gasteiger partial charge in [0.1, 0.15) is 6.61 Å². The van der Waals surface area contributed by atoms with Gasteiger partial charge in [-0.15, -0.1) is 0 Å². The molecule has 0 fully saturated rings. The van der Waals surface area contributed by atoms with Gasteiger partial charge in [-0.1, -0.05) is 13.8 Å². The van der Waals surface area contributed by atoms with Crippen molar-refractivity contribution in [3.8, 4) is 0 Å². The van der Waals surface area contributed by atoms with Gasteiger partial charge in [-0.3, -0.25) is 4.79 Å². The first kappa shape index (κ1) is 19.7. The minimum atomic E-state index is -2.59. The van der Waals surface area contributed by atoms with Gasteiger partial charge in [-0.2, -0.15) is 11.8 Å². The summed E-state index contributed by atoms with van der Waals surface area (Å²) in [6, 6.07) is 0. The molecule has 0 rings (SSSR count). The van der Waals surface area contributed by atoms with Crippen molar-refractivity contribution in [1.29, 1.82) is 0 Å². The summed E-state index contributed by atoms with van der Waals surface area (Å²) in [5.74, 6) is -1.95. The fraction of sp³-hybridized carbons (Fsp3) is 0.933. The lowest BCUT2D eigenvalue weighted by Gasteiger charge is -2.24. The summed E-state index contributed by atoms with van der Waals surface area (Å²) in [6.07, 6.45) is 1.92. The Balaban J connectivity index is 3.89. The second-order valence-electron chi connectivity index (χ2n) is 6.19. The predicted molar refractivity (Wildman–Crippen MR) is 81.4 cm³/mol. The van der Waals surface area contributed by atoms with Crippen LogP contribution in [0.15, 0.2) is 0 Å². The van der Waals surface area contributed by atoms with Crippen molar-refractivity contribution < 1.29 is 18.3 Å². The van der Waals surface area contributed by atoms with E-state index in [1.165, 1.54) is 0 Å². The monoisotopic (exact) mass is 310 g/mol. The number of hydrogen-bond acceptors (Lipinski definition) is 3. The number of alkyl halides is 2. The van der Waals surface area contributed by atoms with Crippen molar-refractivity contribution in [3.63, 3.8) is 0 Å². The molecule has 0 aromatic heterocycles. The molecule has 0 saturated heterocycles. The van der Waals surface area contributed by atoms with E-state index in [4.69, 9.17) is 4.74 Å². The molecule has 0 aliphatic rings. The molecule has 0 aliphatic carbocycles. The summed E-state index contributed by atoms with van der Waals surface area (Å²) in [6.45, 7) is 9.15. The van der Waals surface area contributed by atoms with Gasteiger partial charge in [0.05, 0.1) is 0 Å². The maximum absolute atomic E-state index is 12.9. The Hall–Kier alpha value is -0.320. The Morgan fingerprint density at radius 3 is 2.40 bits per heavy atom. The lowest BCUT2D eigenvalue weighted by Crippen LogP contribution is -2.26. The van der Waals surface area contributed by atoms with Crippen LogP contribution < -0.4 is 0 Å². The Labute approximate surface area is 126 Å². The molecule has 0 heterocycles. The van der Waals surface area contributed by atoms with Gasteiger partial charge in [0, 0.05) is 17.6 Å². The number of carbonyl (C=O) groups excluding carboxylic acids is 1. The summed E-state index contributed by atoms with van der Waals surface area (Å²) in [5, 5.41) is 0. The predicted octanol–water partition coefficient (Wildman–Crippen LogP) is 4.91. The zero-order chi connectivity index (χ0) is 15.8. The maximum atomic E-state index is 12.9. The van der Waals surface area contributed by atoms with Crippen LogP contribution in [0.4, 0.5) is 8.78 Å². The minimum Gasteiger partial charge on any atom is -0.464 e. The van der Waals surface area contributed by atoms with E-state index in [0.29, 0.717) is 13.0 Å². The van der Waals surface area contributed by atoms with Crippen LogP contribution in [0.3, 0.4) is 0 Å². The van der Waals surface area contributed by atoms with Crippen LogP contribution in [0.2, 0.25) is 0 Å². The second-order valence-corrected chi connectivity index (χ2v) is 7.99. The van der Waals surface area contributed by atoms with Gasteiger partial charge >= 0.3 is 5.97 Å². The molecule has 120 valence electrons. The summed E-state index contributed by atoms with van der Waals surface area (Å²) in [7, 11) is 0. The third kappa shape index (κ3) is 11.5. The standard InChI is InChI=1S/C15H28F2O2S/c1-6-7-13(18)19-11-14(3,4)20-9-8-12(2)10-15(5,16)17/h12H,6-11H2,1-5H3. The fourth-order valence-corrected chi connectivity index (χ4v) is 3.04. The van der Waals surface area contributed by atoms with E-state index in [9.17, 15) is 13.6 Å². The minimum absolute atomic E-state index is 0.000872. The number of thioether (sulfide) groups is 1. The highest BCUT2D eigenvalue weighted by Crippen LogP contribution is 2.29. The molecule has 0 spiro atoms. The van der Waals surface area contributed by atoms with Crippen LogP contribution in [0.1, 0.15) is 60.3 Å². The third-order valence-corrected chi connectivity index (χ3v) is 4.18. The molecule has 0 saturated carbocycles. The van der Waals surface area contributed by atoms with Gasteiger partial charge in [-0.25, -0.2) is 8.78 Å². The van der Waals surface area contributed by atoms with E-state index in [2.05, 4.69) is 0 Å². The highest BCUT2D eigenvalue weighted by atomic mass is 32.2. The molecular formula is C15H28F2O2S. The highest BCUT2D eigenvalue weighted by Gasteiger charge is 2.25. The Kier molecular flexibility index (Phi) is 8.71. The van der Waals surface area contributed by atoms with Crippen LogP contribution in [-0.4, -0.2) is 29.0 Å². The summed E-state index contributed by atoms with van der Waals surface area (Å²) in [5.41, 5.74) is 0. The molecular weight excluding hydrogens is 282 g/mol.